The Morgan fingerprint density at radius 3 is 2.66 bits per heavy atom. The first-order valence-electron chi connectivity index (χ1n) is 10.6. The third-order valence-electron chi connectivity index (χ3n) is 5.40. The number of pyridine rings is 1. The van der Waals surface area contributed by atoms with Crippen LogP contribution in [0.4, 0.5) is 13.2 Å². The number of amides is 2. The molecule has 3 aromatic rings. The van der Waals surface area contributed by atoms with Crippen LogP contribution < -0.4 is 25.3 Å². The zero-order chi connectivity index (χ0) is 25.2. The number of carbonyl (C=O) groups excluding carboxylic acids is 2. The van der Waals surface area contributed by atoms with E-state index in [1.54, 1.807) is 0 Å². The van der Waals surface area contributed by atoms with Crippen LogP contribution in [0.2, 0.25) is 0 Å². The van der Waals surface area contributed by atoms with Gasteiger partial charge in [-0.25, -0.2) is 4.52 Å². The second-order valence-corrected chi connectivity index (χ2v) is 8.87. The molecule has 0 bridgehead atoms. The molecule has 0 radical (unpaired) electrons. The van der Waals surface area contributed by atoms with Gasteiger partial charge in [-0.1, -0.05) is 11.3 Å². The van der Waals surface area contributed by atoms with Gasteiger partial charge < -0.3 is 25.3 Å². The van der Waals surface area contributed by atoms with Gasteiger partial charge in [0, 0.05) is 6.04 Å². The molecule has 3 N–H and O–H groups in total. The molecule has 10 nitrogen and oxygen atoms in total. The van der Waals surface area contributed by atoms with Crippen molar-refractivity contribution in [3.8, 4) is 16.8 Å². The second kappa shape index (κ2) is 9.98. The molecule has 3 aromatic heterocycles. The van der Waals surface area contributed by atoms with Crippen molar-refractivity contribution in [2.75, 3.05) is 13.7 Å². The highest BCUT2D eigenvalue weighted by atomic mass is 32.1. The summed E-state index contributed by atoms with van der Waals surface area (Å²) in [6.45, 7) is -1.42. The van der Waals surface area contributed by atoms with E-state index in [4.69, 9.17) is 19.9 Å². The molecule has 0 saturated heterocycles. The molecule has 2 amide bonds. The molecule has 1 saturated carbocycles. The van der Waals surface area contributed by atoms with Crippen molar-refractivity contribution in [1.29, 1.82) is 0 Å². The Labute approximate surface area is 201 Å². The summed E-state index contributed by atoms with van der Waals surface area (Å²) in [5.74, 6) is -0.847. The zero-order valence-electron chi connectivity index (χ0n) is 18.5. The maximum absolute atomic E-state index is 12.8. The smallest absolute Gasteiger partial charge is 0.422 e. The van der Waals surface area contributed by atoms with Crippen molar-refractivity contribution in [3.63, 3.8) is 0 Å². The number of hydrogen-bond acceptors (Lipinski definition) is 8. The van der Waals surface area contributed by atoms with E-state index in [-0.39, 0.29) is 39.8 Å². The third-order valence-corrected chi connectivity index (χ3v) is 6.41. The summed E-state index contributed by atoms with van der Waals surface area (Å²) < 4.78 is 54.0. The number of primary amides is 1. The topological polar surface area (TPSA) is 130 Å². The van der Waals surface area contributed by atoms with E-state index in [2.05, 4.69) is 15.4 Å². The molecule has 3 heterocycles. The van der Waals surface area contributed by atoms with E-state index in [9.17, 15) is 22.8 Å². The van der Waals surface area contributed by atoms with Crippen molar-refractivity contribution >= 4 is 28.7 Å². The van der Waals surface area contributed by atoms with Crippen molar-refractivity contribution in [2.45, 2.75) is 44.0 Å². The molecule has 0 aromatic carbocycles. The van der Waals surface area contributed by atoms with Crippen LogP contribution >= 0.6 is 11.3 Å². The van der Waals surface area contributed by atoms with E-state index in [1.807, 2.05) is 0 Å². The van der Waals surface area contributed by atoms with Gasteiger partial charge in [0.25, 0.3) is 17.0 Å². The minimum absolute atomic E-state index is 0.0135. The molecule has 0 unspecified atom stereocenters. The van der Waals surface area contributed by atoms with Gasteiger partial charge in [0.1, 0.15) is 11.9 Å². The summed E-state index contributed by atoms with van der Waals surface area (Å²) in [6.07, 6.45) is 0.513. The monoisotopic (exact) mass is 513 g/mol. The second-order valence-electron chi connectivity index (χ2n) is 7.90. The van der Waals surface area contributed by atoms with E-state index in [0.717, 1.165) is 11.3 Å². The molecule has 188 valence electrons. The molecule has 4 rings (SSSR count). The SMILES string of the molecule is COc1nc(O[C@H]2CC[C@H](NC(=O)c3cnn4cc(OCC(F)(F)F)ccc34)CC2)c(C(N)=O)s1. The van der Waals surface area contributed by atoms with E-state index < -0.39 is 18.7 Å². The summed E-state index contributed by atoms with van der Waals surface area (Å²) in [6, 6.07) is 2.74. The molecule has 1 aliphatic rings. The maximum atomic E-state index is 12.8. The number of carbonyl (C=O) groups is 2. The first kappa shape index (κ1) is 24.6. The summed E-state index contributed by atoms with van der Waals surface area (Å²) in [4.78, 5) is 28.7. The highest BCUT2D eigenvalue weighted by Crippen LogP contribution is 2.33. The molecular weight excluding hydrogens is 491 g/mol. The lowest BCUT2D eigenvalue weighted by Gasteiger charge is -2.29. The van der Waals surface area contributed by atoms with Gasteiger partial charge in [-0.2, -0.15) is 23.3 Å². The van der Waals surface area contributed by atoms with Crippen LogP contribution in [0.15, 0.2) is 24.5 Å². The Bertz CT molecular complexity index is 1220. The van der Waals surface area contributed by atoms with Crippen LogP contribution in [0, 0.1) is 0 Å². The number of nitrogens with one attached hydrogen (secondary N) is 1. The van der Waals surface area contributed by atoms with E-state index >= 15 is 0 Å². The number of nitrogens with zero attached hydrogens (tertiary/aromatic N) is 3. The van der Waals surface area contributed by atoms with Crippen molar-refractivity contribution < 1.29 is 37.0 Å². The van der Waals surface area contributed by atoms with Crippen LogP contribution in [0.3, 0.4) is 0 Å². The lowest BCUT2D eigenvalue weighted by molar-refractivity contribution is -0.153. The minimum atomic E-state index is -4.45. The average molecular weight is 513 g/mol. The molecule has 0 atom stereocenters. The quantitative estimate of drug-likeness (QED) is 0.474. The Hall–Kier alpha value is -3.55. The number of rotatable bonds is 8. The number of aromatic nitrogens is 3. The molecule has 1 aliphatic carbocycles. The fourth-order valence-electron chi connectivity index (χ4n) is 3.75. The van der Waals surface area contributed by atoms with Crippen LogP contribution in [0.5, 0.6) is 16.8 Å². The lowest BCUT2D eigenvalue weighted by atomic mass is 9.92. The Kier molecular flexibility index (Phi) is 7.00. The van der Waals surface area contributed by atoms with Crippen molar-refractivity contribution in [1.82, 2.24) is 19.9 Å². The largest absolute Gasteiger partial charge is 0.483 e. The fourth-order valence-corrected chi connectivity index (χ4v) is 4.42. The minimum Gasteiger partial charge on any atom is -0.483 e. The third kappa shape index (κ3) is 5.93. The predicted octanol–water partition coefficient (Wildman–Crippen LogP) is 2.96. The Balaban J connectivity index is 1.33. The fraction of sp³-hybridized carbons (Fsp3) is 0.429. The van der Waals surface area contributed by atoms with Crippen molar-refractivity contribution in [3.05, 3.63) is 35.0 Å². The standard InChI is InChI=1S/C21H22F3N5O5S/c1-32-20-28-19(16(35-20)17(25)30)34-12-4-2-11(3-5-12)27-18(31)14-8-26-29-9-13(6-7-15(14)29)33-10-21(22,23)24/h6-9,11-12H,2-5,10H2,1H3,(H2,25,30)(H,27,31)/t11-,12-. The van der Waals surface area contributed by atoms with Crippen LogP contribution in [-0.4, -0.2) is 58.5 Å². The number of alkyl halides is 3. The number of hydrogen-bond donors (Lipinski definition) is 2. The van der Waals surface area contributed by atoms with Gasteiger partial charge in [-0.3, -0.25) is 9.59 Å². The van der Waals surface area contributed by atoms with Gasteiger partial charge in [0.05, 0.1) is 30.6 Å². The van der Waals surface area contributed by atoms with Crippen LogP contribution in [0.1, 0.15) is 45.7 Å². The summed E-state index contributed by atoms with van der Waals surface area (Å²) >= 11 is 1.01. The number of ether oxygens (including phenoxy) is 3. The molecular formula is C21H22F3N5O5S. The number of fused-ring (bicyclic) bond motifs is 1. The number of nitrogens with two attached hydrogens (primary N) is 1. The van der Waals surface area contributed by atoms with Crippen molar-refractivity contribution in [2.24, 2.45) is 5.73 Å². The van der Waals surface area contributed by atoms with Gasteiger partial charge in [0.2, 0.25) is 5.88 Å². The molecule has 0 aliphatic heterocycles. The van der Waals surface area contributed by atoms with Gasteiger partial charge in [-0.15, -0.1) is 0 Å². The Morgan fingerprint density at radius 2 is 2.00 bits per heavy atom. The molecule has 1 fully saturated rings. The first-order valence-corrected chi connectivity index (χ1v) is 11.4. The zero-order valence-corrected chi connectivity index (χ0v) is 19.3. The van der Waals surface area contributed by atoms with E-state index in [1.165, 1.54) is 36.2 Å². The maximum Gasteiger partial charge on any atom is 0.422 e. The highest BCUT2D eigenvalue weighted by Gasteiger charge is 2.29. The lowest BCUT2D eigenvalue weighted by Crippen LogP contribution is -2.39. The highest BCUT2D eigenvalue weighted by molar-refractivity contribution is 7.15. The molecule has 35 heavy (non-hydrogen) atoms. The van der Waals surface area contributed by atoms with Crippen LogP contribution in [0.25, 0.3) is 5.52 Å². The first-order chi connectivity index (χ1) is 16.6. The van der Waals surface area contributed by atoms with Crippen LogP contribution in [-0.2, 0) is 0 Å². The number of halogens is 3. The molecule has 0 spiro atoms. The van der Waals surface area contributed by atoms with Gasteiger partial charge >= 0.3 is 6.18 Å². The average Bonchev–Trinajstić information content (AvgIpc) is 3.42. The predicted molar refractivity (Wildman–Crippen MR) is 118 cm³/mol. The normalized spacial score (nSPS) is 18.3. The summed E-state index contributed by atoms with van der Waals surface area (Å²) in [7, 11) is 1.44. The summed E-state index contributed by atoms with van der Waals surface area (Å²) in [5, 5.41) is 7.29. The number of thiazole rings is 1. The van der Waals surface area contributed by atoms with Gasteiger partial charge in [-0.05, 0) is 37.8 Å². The summed E-state index contributed by atoms with van der Waals surface area (Å²) in [5.41, 5.74) is 6.12. The van der Waals surface area contributed by atoms with Gasteiger partial charge in [0.15, 0.2) is 11.5 Å². The van der Waals surface area contributed by atoms with E-state index in [0.29, 0.717) is 36.8 Å². The molecule has 14 heteroatoms. The Morgan fingerprint density at radius 1 is 1.26 bits per heavy atom. The number of methoxy groups -OCH3 is 1.